The first-order valence-corrected chi connectivity index (χ1v) is 9.53. The Morgan fingerprint density at radius 3 is 2.28 bits per heavy atom. The third-order valence-corrected chi connectivity index (χ3v) is 5.08. The fourth-order valence-corrected chi connectivity index (χ4v) is 3.53. The summed E-state index contributed by atoms with van der Waals surface area (Å²) in [5, 5.41) is 14.3. The quantitative estimate of drug-likeness (QED) is 0.682. The molecule has 150 valence electrons. The zero-order chi connectivity index (χ0) is 21.1. The van der Waals surface area contributed by atoms with E-state index in [1.807, 2.05) is 0 Å². The van der Waals surface area contributed by atoms with Gasteiger partial charge in [-0.05, 0) is 48.9 Å². The van der Waals surface area contributed by atoms with Crippen molar-refractivity contribution < 1.29 is 24.2 Å². The van der Waals surface area contributed by atoms with Crippen LogP contribution in [-0.4, -0.2) is 36.2 Å². The maximum Gasteiger partial charge on any atom is 0.271 e. The number of hydrogen-bond acceptors (Lipinski definition) is 6. The highest BCUT2D eigenvalue weighted by Gasteiger charge is 2.42. The van der Waals surface area contributed by atoms with E-state index in [4.69, 9.17) is 4.74 Å². The van der Waals surface area contributed by atoms with E-state index in [0.29, 0.717) is 17.0 Å². The number of Topliss-reactive ketones (excluding diaryl/α,β-unsaturated/α-hetero) is 1. The number of carbonyl (C=O) groups is 3. The highest BCUT2D eigenvalue weighted by atomic mass is 79.9. The van der Waals surface area contributed by atoms with Gasteiger partial charge in [-0.25, -0.2) is 0 Å². The summed E-state index contributed by atoms with van der Waals surface area (Å²) in [5.41, 5.74) is 1.45. The largest absolute Gasteiger partial charge is 0.548 e. The van der Waals surface area contributed by atoms with Gasteiger partial charge in [0.25, 0.3) is 5.91 Å². The lowest BCUT2D eigenvalue weighted by molar-refractivity contribution is -0.306. The third-order valence-electron chi connectivity index (χ3n) is 4.55. The van der Waals surface area contributed by atoms with Crippen molar-refractivity contribution in [1.29, 1.82) is 0 Å². The van der Waals surface area contributed by atoms with E-state index in [-0.39, 0.29) is 17.1 Å². The molecule has 0 bridgehead atoms. The number of carboxylic acid groups (broad SMARTS) is 1. The van der Waals surface area contributed by atoms with Gasteiger partial charge < -0.3 is 24.9 Å². The van der Waals surface area contributed by atoms with Crippen LogP contribution in [0.2, 0.25) is 0 Å². The average molecular weight is 458 g/mol. The molecule has 0 aliphatic carbocycles. The van der Waals surface area contributed by atoms with Crippen LogP contribution in [0.25, 0.3) is 0 Å². The Labute approximate surface area is 176 Å². The fraction of sp³-hybridized carbons (Fsp3) is 0.190. The van der Waals surface area contributed by atoms with Gasteiger partial charge in [-0.3, -0.25) is 9.59 Å². The Morgan fingerprint density at radius 2 is 1.76 bits per heavy atom. The summed E-state index contributed by atoms with van der Waals surface area (Å²) in [6, 6.07) is 13.0. The van der Waals surface area contributed by atoms with E-state index in [1.54, 1.807) is 55.6 Å². The first-order valence-electron chi connectivity index (χ1n) is 8.74. The number of ketones is 1. The summed E-state index contributed by atoms with van der Waals surface area (Å²) in [7, 11) is 1.54. The normalized spacial score (nSPS) is 16.2. The number of nitrogens with zero attached hydrogens (tertiary/aromatic N) is 1. The van der Waals surface area contributed by atoms with E-state index in [0.717, 1.165) is 9.37 Å². The van der Waals surface area contributed by atoms with Gasteiger partial charge in [0.05, 0.1) is 31.2 Å². The Kier molecular flexibility index (Phi) is 6.03. The minimum atomic E-state index is -1.41. The van der Waals surface area contributed by atoms with Crippen molar-refractivity contribution in [2.24, 2.45) is 0 Å². The number of carbonyl (C=O) groups excluding carboxylic acids is 3. The van der Waals surface area contributed by atoms with Gasteiger partial charge in [0, 0.05) is 10.2 Å². The second-order valence-electron chi connectivity index (χ2n) is 6.46. The van der Waals surface area contributed by atoms with Crippen LogP contribution in [0.15, 0.2) is 64.3 Å². The molecular weight excluding hydrogens is 440 g/mol. The molecule has 29 heavy (non-hydrogen) atoms. The highest BCUT2D eigenvalue weighted by molar-refractivity contribution is 9.10. The van der Waals surface area contributed by atoms with E-state index in [9.17, 15) is 19.5 Å². The van der Waals surface area contributed by atoms with E-state index >= 15 is 0 Å². The molecule has 0 aromatic heterocycles. The van der Waals surface area contributed by atoms with E-state index < -0.39 is 24.5 Å². The molecule has 0 saturated heterocycles. The number of benzene rings is 2. The van der Waals surface area contributed by atoms with E-state index in [2.05, 4.69) is 21.2 Å². The molecule has 3 rings (SSSR count). The van der Waals surface area contributed by atoms with E-state index in [1.165, 1.54) is 6.92 Å². The Balaban J connectivity index is 2.08. The van der Waals surface area contributed by atoms with Crippen LogP contribution in [0.3, 0.4) is 0 Å². The fourth-order valence-electron chi connectivity index (χ4n) is 3.27. The van der Waals surface area contributed by atoms with Gasteiger partial charge in [0.2, 0.25) is 0 Å². The average Bonchev–Trinajstić information content (AvgIpc) is 2.95. The van der Waals surface area contributed by atoms with Gasteiger partial charge in [0.15, 0.2) is 5.78 Å². The lowest BCUT2D eigenvalue weighted by Crippen LogP contribution is -2.41. The van der Waals surface area contributed by atoms with Crippen molar-refractivity contribution in [2.45, 2.75) is 13.0 Å². The molecule has 2 aromatic rings. The maximum absolute atomic E-state index is 13.1. The summed E-state index contributed by atoms with van der Waals surface area (Å²) in [4.78, 5) is 38.0. The lowest BCUT2D eigenvalue weighted by atomic mass is 9.96. The van der Waals surface area contributed by atoms with Gasteiger partial charge in [0.1, 0.15) is 11.4 Å². The Bertz CT molecular complexity index is 983. The van der Waals surface area contributed by atoms with Crippen LogP contribution in [0, 0.1) is 0 Å². The molecule has 1 heterocycles. The van der Waals surface area contributed by atoms with Crippen molar-refractivity contribution in [3.05, 3.63) is 69.8 Å². The molecule has 0 saturated carbocycles. The van der Waals surface area contributed by atoms with Crippen molar-refractivity contribution in [1.82, 2.24) is 4.90 Å². The van der Waals surface area contributed by atoms with Gasteiger partial charge in [-0.1, -0.05) is 28.1 Å². The summed E-state index contributed by atoms with van der Waals surface area (Å²) in [6.45, 7) is 0.719. The van der Waals surface area contributed by atoms with Gasteiger partial charge in [-0.2, -0.15) is 0 Å². The molecular formula is C21H18BrN2O5-. The standard InChI is InChI=1S/C21H19BrN2O5/c1-12(25)18-19(23-15-7-9-16(29-2)10-8-15)21(28)24(11-17(26)27)20(18)13-3-5-14(22)6-4-13/h3-10,20,23H,11H2,1-2H3,(H,26,27)/p-1. The van der Waals surface area contributed by atoms with Crippen LogP contribution in [0.5, 0.6) is 5.75 Å². The second-order valence-corrected chi connectivity index (χ2v) is 7.37. The second kappa shape index (κ2) is 8.48. The predicted octanol–water partition coefficient (Wildman–Crippen LogP) is 2.05. The van der Waals surface area contributed by atoms with Crippen molar-refractivity contribution in [2.75, 3.05) is 19.0 Å². The van der Waals surface area contributed by atoms with Crippen LogP contribution < -0.4 is 15.2 Å². The number of halogens is 1. The van der Waals surface area contributed by atoms with Crippen LogP contribution >= 0.6 is 15.9 Å². The molecule has 1 amide bonds. The maximum atomic E-state index is 13.1. The zero-order valence-corrected chi connectivity index (χ0v) is 17.4. The van der Waals surface area contributed by atoms with Crippen molar-refractivity contribution in [3.63, 3.8) is 0 Å². The number of rotatable bonds is 7. The molecule has 2 aromatic carbocycles. The van der Waals surface area contributed by atoms with Crippen LogP contribution in [-0.2, 0) is 14.4 Å². The Hall–Kier alpha value is -3.13. The molecule has 1 unspecified atom stereocenters. The first-order chi connectivity index (χ1) is 13.8. The number of amides is 1. The molecule has 1 atom stereocenters. The molecule has 7 nitrogen and oxygen atoms in total. The number of anilines is 1. The molecule has 0 spiro atoms. The summed E-state index contributed by atoms with van der Waals surface area (Å²) < 4.78 is 5.94. The van der Waals surface area contributed by atoms with Crippen molar-refractivity contribution in [3.8, 4) is 5.75 Å². The third kappa shape index (κ3) is 4.32. The summed E-state index contributed by atoms with van der Waals surface area (Å²) in [5.74, 6) is -1.68. The molecule has 8 heteroatoms. The lowest BCUT2D eigenvalue weighted by Gasteiger charge is -2.27. The zero-order valence-electron chi connectivity index (χ0n) is 15.8. The van der Waals surface area contributed by atoms with Crippen molar-refractivity contribution >= 4 is 39.3 Å². The number of hydrogen-bond donors (Lipinski definition) is 1. The predicted molar refractivity (Wildman–Crippen MR) is 108 cm³/mol. The molecule has 1 N–H and O–H groups in total. The highest BCUT2D eigenvalue weighted by Crippen LogP contribution is 2.39. The molecule has 1 aliphatic rings. The number of methoxy groups -OCH3 is 1. The molecule has 1 aliphatic heterocycles. The number of ether oxygens (including phenoxy) is 1. The monoisotopic (exact) mass is 457 g/mol. The summed E-state index contributed by atoms with van der Waals surface area (Å²) in [6.07, 6.45) is 0. The number of aliphatic carboxylic acids is 1. The number of nitrogens with one attached hydrogen (secondary N) is 1. The number of carboxylic acids is 1. The minimum Gasteiger partial charge on any atom is -0.548 e. The van der Waals surface area contributed by atoms with Crippen LogP contribution in [0.1, 0.15) is 18.5 Å². The molecule has 0 radical (unpaired) electrons. The SMILES string of the molecule is COc1ccc(NC2=C(C(C)=O)C(c3ccc(Br)cc3)N(CC(=O)[O-])C2=O)cc1. The molecule has 0 fully saturated rings. The van der Waals surface area contributed by atoms with Crippen LogP contribution in [0.4, 0.5) is 5.69 Å². The minimum absolute atomic E-state index is 0.0526. The Morgan fingerprint density at radius 1 is 1.14 bits per heavy atom. The smallest absolute Gasteiger partial charge is 0.271 e. The first kappa shape index (κ1) is 20.6. The topological polar surface area (TPSA) is 98.8 Å². The van der Waals surface area contributed by atoms with Gasteiger partial charge >= 0.3 is 0 Å². The van der Waals surface area contributed by atoms with Gasteiger partial charge in [-0.15, -0.1) is 0 Å². The summed E-state index contributed by atoms with van der Waals surface area (Å²) >= 11 is 3.35.